The van der Waals surface area contributed by atoms with Crippen LogP contribution in [0.3, 0.4) is 0 Å². The van der Waals surface area contributed by atoms with E-state index >= 15 is 0 Å². The van der Waals surface area contributed by atoms with Crippen LogP contribution in [0, 0.1) is 12.3 Å². The summed E-state index contributed by atoms with van der Waals surface area (Å²) in [5, 5.41) is 3.34. The molecule has 1 fully saturated rings. The van der Waals surface area contributed by atoms with Crippen LogP contribution in [-0.4, -0.2) is 37.1 Å². The molecule has 0 aliphatic carbocycles. The third kappa shape index (κ3) is 3.02. The molecule has 0 aromatic carbocycles. The molecule has 2 unspecified atom stereocenters. The van der Waals surface area contributed by atoms with Gasteiger partial charge in [0, 0.05) is 25.0 Å². The maximum atomic E-state index is 5.26. The van der Waals surface area contributed by atoms with Crippen molar-refractivity contribution in [2.75, 3.05) is 20.1 Å². The van der Waals surface area contributed by atoms with Gasteiger partial charge in [0.15, 0.2) is 0 Å². The molecule has 1 heterocycles. The Hall–Kier alpha value is -0.520. The number of rotatable bonds is 3. The lowest BCUT2D eigenvalue weighted by Gasteiger charge is -2.37. The zero-order valence-corrected chi connectivity index (χ0v) is 8.71. The Morgan fingerprint density at radius 1 is 1.62 bits per heavy atom. The zero-order valence-electron chi connectivity index (χ0n) is 8.71. The molecule has 1 N–H and O–H groups in total. The Bertz CT molecular complexity index is 183. The van der Waals surface area contributed by atoms with E-state index in [9.17, 15) is 0 Å². The third-order valence-corrected chi connectivity index (χ3v) is 2.97. The minimum atomic E-state index is 0.680. The molecule has 1 rings (SSSR count). The predicted octanol–water partition coefficient (Wildman–Crippen LogP) is 1.08. The van der Waals surface area contributed by atoms with Gasteiger partial charge in [-0.2, -0.15) is 0 Å². The molecule has 0 spiro atoms. The fraction of sp³-hybridized carbons (Fsp3) is 0.818. The first-order chi connectivity index (χ1) is 6.27. The summed E-state index contributed by atoms with van der Waals surface area (Å²) in [5.74, 6) is 2.70. The van der Waals surface area contributed by atoms with Gasteiger partial charge in [0.05, 0.1) is 0 Å². The van der Waals surface area contributed by atoms with Gasteiger partial charge in [0.2, 0.25) is 0 Å². The molecule has 74 valence electrons. The van der Waals surface area contributed by atoms with Crippen molar-refractivity contribution in [1.29, 1.82) is 0 Å². The molecule has 2 nitrogen and oxygen atoms in total. The van der Waals surface area contributed by atoms with Gasteiger partial charge < -0.3 is 5.32 Å². The quantitative estimate of drug-likeness (QED) is 0.654. The summed E-state index contributed by atoms with van der Waals surface area (Å²) in [6.45, 7) is 4.54. The molecule has 1 aliphatic rings. The number of piperidine rings is 1. The first-order valence-electron chi connectivity index (χ1n) is 5.12. The Kier molecular flexibility index (Phi) is 4.27. The average Bonchev–Trinajstić information content (AvgIpc) is 2.16. The highest BCUT2D eigenvalue weighted by molar-refractivity contribution is 4.88. The minimum absolute atomic E-state index is 0.680. The number of hydrogen-bond acceptors (Lipinski definition) is 2. The number of hydrogen-bond donors (Lipinski definition) is 1. The van der Waals surface area contributed by atoms with Crippen LogP contribution >= 0.6 is 0 Å². The van der Waals surface area contributed by atoms with E-state index in [1.54, 1.807) is 0 Å². The summed E-state index contributed by atoms with van der Waals surface area (Å²) < 4.78 is 0. The number of nitrogens with zero attached hydrogens (tertiary/aromatic N) is 1. The van der Waals surface area contributed by atoms with Crippen LogP contribution in [-0.2, 0) is 0 Å². The topological polar surface area (TPSA) is 15.3 Å². The highest BCUT2D eigenvalue weighted by Gasteiger charge is 2.23. The molecular formula is C11H20N2. The maximum Gasteiger partial charge on any atom is 0.0214 e. The molecule has 0 aromatic rings. The smallest absolute Gasteiger partial charge is 0.0214 e. The Morgan fingerprint density at radius 2 is 2.38 bits per heavy atom. The highest BCUT2D eigenvalue weighted by atomic mass is 15.2. The highest BCUT2D eigenvalue weighted by Crippen LogP contribution is 2.16. The monoisotopic (exact) mass is 180 g/mol. The standard InChI is InChI=1S/C11H20N2/c1-4-5-7-13-8-6-11(12-3)9-10(13)2/h1,10-12H,5-9H2,2-3H3. The second kappa shape index (κ2) is 5.26. The molecule has 2 atom stereocenters. The van der Waals surface area contributed by atoms with Gasteiger partial charge in [-0.3, -0.25) is 4.90 Å². The maximum absolute atomic E-state index is 5.26. The van der Waals surface area contributed by atoms with Crippen LogP contribution in [0.25, 0.3) is 0 Å². The van der Waals surface area contributed by atoms with Gasteiger partial charge in [-0.1, -0.05) is 0 Å². The number of nitrogens with one attached hydrogen (secondary N) is 1. The van der Waals surface area contributed by atoms with Gasteiger partial charge in [-0.15, -0.1) is 12.3 Å². The van der Waals surface area contributed by atoms with E-state index < -0.39 is 0 Å². The minimum Gasteiger partial charge on any atom is -0.317 e. The van der Waals surface area contributed by atoms with Crippen molar-refractivity contribution >= 4 is 0 Å². The van der Waals surface area contributed by atoms with E-state index in [1.165, 1.54) is 19.4 Å². The molecule has 0 bridgehead atoms. The van der Waals surface area contributed by atoms with Crippen molar-refractivity contribution in [2.24, 2.45) is 0 Å². The van der Waals surface area contributed by atoms with Crippen molar-refractivity contribution < 1.29 is 0 Å². The predicted molar refractivity (Wildman–Crippen MR) is 56.6 cm³/mol. The molecule has 13 heavy (non-hydrogen) atoms. The van der Waals surface area contributed by atoms with Crippen molar-refractivity contribution in [3.63, 3.8) is 0 Å². The number of terminal acetylenes is 1. The van der Waals surface area contributed by atoms with Crippen molar-refractivity contribution in [2.45, 2.75) is 38.3 Å². The largest absolute Gasteiger partial charge is 0.317 e. The summed E-state index contributed by atoms with van der Waals surface area (Å²) in [6, 6.07) is 1.39. The first-order valence-corrected chi connectivity index (χ1v) is 5.12. The van der Waals surface area contributed by atoms with Crippen LogP contribution in [0.4, 0.5) is 0 Å². The van der Waals surface area contributed by atoms with Gasteiger partial charge in [0.1, 0.15) is 0 Å². The van der Waals surface area contributed by atoms with Crippen LogP contribution in [0.5, 0.6) is 0 Å². The lowest BCUT2D eigenvalue weighted by atomic mass is 9.98. The molecular weight excluding hydrogens is 160 g/mol. The second-order valence-corrected chi connectivity index (χ2v) is 3.85. The van der Waals surface area contributed by atoms with Crippen LogP contribution < -0.4 is 5.32 Å². The summed E-state index contributed by atoms with van der Waals surface area (Å²) in [4.78, 5) is 2.49. The fourth-order valence-electron chi connectivity index (χ4n) is 2.02. The normalized spacial score (nSPS) is 29.9. The van der Waals surface area contributed by atoms with E-state index in [4.69, 9.17) is 6.42 Å². The molecule has 0 saturated carbocycles. The summed E-state index contributed by atoms with van der Waals surface area (Å²) >= 11 is 0. The van der Waals surface area contributed by atoms with Crippen molar-refractivity contribution in [3.8, 4) is 12.3 Å². The molecule has 1 saturated heterocycles. The zero-order chi connectivity index (χ0) is 9.68. The molecule has 1 aliphatic heterocycles. The van der Waals surface area contributed by atoms with E-state index in [2.05, 4.69) is 30.1 Å². The van der Waals surface area contributed by atoms with Crippen molar-refractivity contribution in [1.82, 2.24) is 10.2 Å². The number of likely N-dealkylation sites (tertiary alicyclic amines) is 1. The summed E-state index contributed by atoms with van der Waals surface area (Å²) in [7, 11) is 2.05. The van der Waals surface area contributed by atoms with E-state index in [0.717, 1.165) is 13.0 Å². The van der Waals surface area contributed by atoms with Crippen molar-refractivity contribution in [3.05, 3.63) is 0 Å². The van der Waals surface area contributed by atoms with E-state index in [0.29, 0.717) is 12.1 Å². The molecule has 0 amide bonds. The van der Waals surface area contributed by atoms with Gasteiger partial charge in [-0.05, 0) is 33.4 Å². The summed E-state index contributed by atoms with van der Waals surface area (Å²) in [6.07, 6.45) is 8.65. The third-order valence-electron chi connectivity index (χ3n) is 2.97. The van der Waals surface area contributed by atoms with E-state index in [-0.39, 0.29) is 0 Å². The van der Waals surface area contributed by atoms with Gasteiger partial charge >= 0.3 is 0 Å². The first kappa shape index (κ1) is 10.6. The lowest BCUT2D eigenvalue weighted by molar-refractivity contribution is 0.142. The molecule has 0 radical (unpaired) electrons. The van der Waals surface area contributed by atoms with Gasteiger partial charge in [0.25, 0.3) is 0 Å². The Morgan fingerprint density at radius 3 is 2.92 bits per heavy atom. The average molecular weight is 180 g/mol. The Balaban J connectivity index is 2.31. The SMILES string of the molecule is C#CCCN1CCC(NC)CC1C. The molecule has 2 heteroatoms. The second-order valence-electron chi connectivity index (χ2n) is 3.85. The lowest BCUT2D eigenvalue weighted by Crippen LogP contribution is -2.46. The summed E-state index contributed by atoms with van der Waals surface area (Å²) in [5.41, 5.74) is 0. The molecule has 0 aromatic heterocycles. The van der Waals surface area contributed by atoms with E-state index in [1.807, 2.05) is 0 Å². The van der Waals surface area contributed by atoms with Gasteiger partial charge in [-0.25, -0.2) is 0 Å². The van der Waals surface area contributed by atoms with Crippen LogP contribution in [0.2, 0.25) is 0 Å². The fourth-order valence-corrected chi connectivity index (χ4v) is 2.02. The van der Waals surface area contributed by atoms with Crippen LogP contribution in [0.15, 0.2) is 0 Å². The van der Waals surface area contributed by atoms with Crippen LogP contribution in [0.1, 0.15) is 26.2 Å². The Labute approximate surface area is 81.7 Å².